The number of amides is 1. The summed E-state index contributed by atoms with van der Waals surface area (Å²) in [4.78, 5) is 50.7. The Labute approximate surface area is 227 Å². The molecule has 2 aliphatic heterocycles. The number of aliphatic imine (C=N–C) groups is 1. The highest BCUT2D eigenvalue weighted by Crippen LogP contribution is 2.49. The van der Waals surface area contributed by atoms with E-state index in [-0.39, 0.29) is 22.4 Å². The van der Waals surface area contributed by atoms with E-state index in [1.807, 2.05) is 0 Å². The summed E-state index contributed by atoms with van der Waals surface area (Å²) < 4.78 is 18.7. The molecule has 0 bridgehead atoms. The third kappa shape index (κ3) is 4.47. The average Bonchev–Trinajstić information content (AvgIpc) is 3.54. The molecule has 1 saturated heterocycles. The van der Waals surface area contributed by atoms with Crippen molar-refractivity contribution in [3.63, 3.8) is 0 Å². The standard InChI is InChI=1S/C26H26ClFN4O5S/c1-31-20(14-5-10-32(11-6-14)24(35)26(7-8-26)25(36)37-2)18(23(33)34)19(16-4-3-15(28)13-17(16)27)30-21(31)22-29-9-12-38-22/h3-4,9,12-14,19H,5-8,10-11H2,1-2H3,(H,33,34). The largest absolute Gasteiger partial charge is 0.478 e. The number of rotatable bonds is 6. The summed E-state index contributed by atoms with van der Waals surface area (Å²) in [6.45, 7) is 0.746. The van der Waals surface area contributed by atoms with E-state index in [1.54, 1.807) is 28.4 Å². The second kappa shape index (κ2) is 10.1. The number of esters is 1. The molecular formula is C26H26ClFN4O5S. The molecule has 1 saturated carbocycles. The van der Waals surface area contributed by atoms with Gasteiger partial charge >= 0.3 is 11.9 Å². The first-order valence-corrected chi connectivity index (χ1v) is 13.4. The van der Waals surface area contributed by atoms with Crippen LogP contribution in [0.2, 0.25) is 5.02 Å². The summed E-state index contributed by atoms with van der Waals surface area (Å²) in [5.41, 5.74) is -0.0841. The van der Waals surface area contributed by atoms with Crippen molar-refractivity contribution in [1.29, 1.82) is 0 Å². The summed E-state index contributed by atoms with van der Waals surface area (Å²) >= 11 is 7.75. The minimum absolute atomic E-state index is 0.0549. The van der Waals surface area contributed by atoms with Crippen molar-refractivity contribution in [2.45, 2.75) is 31.7 Å². The molecule has 1 aliphatic carbocycles. The lowest BCUT2D eigenvalue weighted by Crippen LogP contribution is -2.47. The van der Waals surface area contributed by atoms with E-state index < -0.39 is 29.2 Å². The van der Waals surface area contributed by atoms with Crippen LogP contribution in [0.3, 0.4) is 0 Å². The van der Waals surface area contributed by atoms with Crippen molar-refractivity contribution in [3.8, 4) is 0 Å². The first kappa shape index (κ1) is 26.3. The number of hydrogen-bond acceptors (Lipinski definition) is 8. The van der Waals surface area contributed by atoms with Gasteiger partial charge in [-0.25, -0.2) is 14.2 Å². The first-order valence-electron chi connectivity index (χ1n) is 12.2. The molecule has 2 fully saturated rings. The number of aromatic nitrogens is 1. The Morgan fingerprint density at radius 3 is 2.50 bits per heavy atom. The molecule has 3 heterocycles. The van der Waals surface area contributed by atoms with Gasteiger partial charge in [0.1, 0.15) is 17.3 Å². The molecule has 200 valence electrons. The monoisotopic (exact) mass is 560 g/mol. The molecule has 1 atom stereocenters. The number of nitrogens with zero attached hydrogens (tertiary/aromatic N) is 4. The maximum absolute atomic E-state index is 13.8. The zero-order chi connectivity index (χ0) is 27.2. The minimum Gasteiger partial charge on any atom is -0.478 e. The molecule has 1 aromatic carbocycles. The lowest BCUT2D eigenvalue weighted by Gasteiger charge is -2.40. The van der Waals surface area contributed by atoms with Crippen molar-refractivity contribution in [3.05, 3.63) is 62.5 Å². The lowest BCUT2D eigenvalue weighted by atomic mass is 9.84. The van der Waals surface area contributed by atoms with Gasteiger partial charge in [0, 0.05) is 53.9 Å². The Kier molecular flexibility index (Phi) is 6.99. The van der Waals surface area contributed by atoms with Crippen molar-refractivity contribution < 1.29 is 28.6 Å². The molecule has 5 rings (SSSR count). The highest BCUT2D eigenvalue weighted by Gasteiger charge is 2.59. The number of halogens is 2. The Morgan fingerprint density at radius 1 is 1.24 bits per heavy atom. The highest BCUT2D eigenvalue weighted by molar-refractivity contribution is 7.11. The fourth-order valence-corrected chi connectivity index (χ4v) is 6.33. The summed E-state index contributed by atoms with van der Waals surface area (Å²) in [5.74, 6) is -2.14. The van der Waals surface area contributed by atoms with Crippen LogP contribution in [0.4, 0.5) is 4.39 Å². The van der Waals surface area contributed by atoms with E-state index in [0.29, 0.717) is 60.9 Å². The maximum atomic E-state index is 13.8. The van der Waals surface area contributed by atoms with Gasteiger partial charge in [0.25, 0.3) is 0 Å². The molecule has 1 N–H and O–H groups in total. The van der Waals surface area contributed by atoms with E-state index in [1.165, 1.54) is 30.6 Å². The average molecular weight is 561 g/mol. The molecule has 0 spiro atoms. The van der Waals surface area contributed by atoms with E-state index in [4.69, 9.17) is 21.3 Å². The molecule has 3 aliphatic rings. The Bertz CT molecular complexity index is 1350. The molecule has 38 heavy (non-hydrogen) atoms. The van der Waals surface area contributed by atoms with Crippen LogP contribution in [0.25, 0.3) is 0 Å². The van der Waals surface area contributed by atoms with Gasteiger partial charge in [-0.15, -0.1) is 11.3 Å². The molecule has 9 nitrogen and oxygen atoms in total. The Morgan fingerprint density at radius 2 is 1.95 bits per heavy atom. The van der Waals surface area contributed by atoms with Gasteiger partial charge in [-0.3, -0.25) is 14.6 Å². The molecule has 2 aromatic rings. The van der Waals surface area contributed by atoms with E-state index in [0.717, 1.165) is 6.07 Å². The van der Waals surface area contributed by atoms with Crippen LogP contribution in [0.1, 0.15) is 42.3 Å². The number of thiazole rings is 1. The topological polar surface area (TPSA) is 112 Å². The quantitative estimate of drug-likeness (QED) is 0.421. The second-order valence-corrected chi connectivity index (χ2v) is 11.0. The van der Waals surface area contributed by atoms with Crippen molar-refractivity contribution in [1.82, 2.24) is 14.8 Å². The molecular weight excluding hydrogens is 535 g/mol. The van der Waals surface area contributed by atoms with Crippen molar-refractivity contribution in [2.75, 3.05) is 27.2 Å². The number of carbonyl (C=O) groups excluding carboxylic acids is 2. The number of carboxylic acid groups (broad SMARTS) is 1. The number of likely N-dealkylation sites (tertiary alicyclic amines) is 1. The first-order chi connectivity index (χ1) is 18.2. The maximum Gasteiger partial charge on any atom is 0.335 e. The predicted molar refractivity (Wildman–Crippen MR) is 138 cm³/mol. The van der Waals surface area contributed by atoms with Crippen LogP contribution in [-0.2, 0) is 19.1 Å². The van der Waals surface area contributed by atoms with Crippen LogP contribution in [0.15, 0.2) is 46.0 Å². The fourth-order valence-electron chi connectivity index (χ4n) is 5.39. The number of benzene rings is 1. The SMILES string of the molecule is COC(=O)C1(C(=O)N2CCC(C3=C(C(=O)O)C(c4ccc(F)cc4Cl)N=C(c4nccs4)N3C)CC2)CC1. The predicted octanol–water partition coefficient (Wildman–Crippen LogP) is 3.90. The van der Waals surface area contributed by atoms with Crippen molar-refractivity contribution >= 4 is 46.6 Å². The number of piperidine rings is 1. The number of methoxy groups -OCH3 is 1. The summed E-state index contributed by atoms with van der Waals surface area (Å²) in [6, 6.07) is 2.86. The Balaban J connectivity index is 1.50. The van der Waals surface area contributed by atoms with Crippen LogP contribution in [0.5, 0.6) is 0 Å². The third-order valence-electron chi connectivity index (χ3n) is 7.50. The molecule has 1 unspecified atom stereocenters. The van der Waals surface area contributed by atoms with Crippen LogP contribution in [0, 0.1) is 17.2 Å². The summed E-state index contributed by atoms with van der Waals surface area (Å²) in [6.07, 6.45) is 3.58. The van der Waals surface area contributed by atoms with Crippen LogP contribution in [-0.4, -0.2) is 70.8 Å². The number of hydrogen-bond donors (Lipinski definition) is 1. The van der Waals surface area contributed by atoms with E-state index in [2.05, 4.69) is 4.98 Å². The van der Waals surface area contributed by atoms with Gasteiger partial charge < -0.3 is 19.6 Å². The summed E-state index contributed by atoms with van der Waals surface area (Å²) in [5, 5.41) is 12.9. The van der Waals surface area contributed by atoms with Gasteiger partial charge in [-0.1, -0.05) is 17.7 Å². The lowest BCUT2D eigenvalue weighted by molar-refractivity contribution is -0.156. The molecule has 1 aromatic heterocycles. The van der Waals surface area contributed by atoms with Gasteiger partial charge in [-0.2, -0.15) is 0 Å². The number of carbonyl (C=O) groups is 3. The molecule has 12 heteroatoms. The highest BCUT2D eigenvalue weighted by atomic mass is 35.5. The fraction of sp³-hybridized carbons (Fsp3) is 0.423. The van der Waals surface area contributed by atoms with Crippen molar-refractivity contribution in [2.24, 2.45) is 16.3 Å². The Hall–Kier alpha value is -3.31. The summed E-state index contributed by atoms with van der Waals surface area (Å²) in [7, 11) is 3.04. The minimum atomic E-state index is -1.15. The molecule has 1 amide bonds. The van der Waals surface area contributed by atoms with Gasteiger partial charge in [-0.05, 0) is 37.8 Å². The zero-order valence-corrected chi connectivity index (χ0v) is 22.4. The number of allylic oxidation sites excluding steroid dienone is 1. The smallest absolute Gasteiger partial charge is 0.335 e. The molecule has 0 radical (unpaired) electrons. The second-order valence-electron chi connectivity index (χ2n) is 9.66. The number of ether oxygens (including phenoxy) is 1. The van der Waals surface area contributed by atoms with Gasteiger partial charge in [0.2, 0.25) is 5.91 Å². The van der Waals surface area contributed by atoms with Crippen LogP contribution < -0.4 is 0 Å². The number of carboxylic acids is 1. The van der Waals surface area contributed by atoms with E-state index >= 15 is 0 Å². The third-order valence-corrected chi connectivity index (χ3v) is 8.59. The van der Waals surface area contributed by atoms with Crippen LogP contribution >= 0.6 is 22.9 Å². The zero-order valence-electron chi connectivity index (χ0n) is 20.8. The number of aliphatic carboxylic acids is 1. The normalized spacial score (nSPS) is 21.3. The van der Waals surface area contributed by atoms with E-state index in [9.17, 15) is 23.9 Å². The number of amidine groups is 1. The van der Waals surface area contributed by atoms with Gasteiger partial charge in [0.05, 0.1) is 12.7 Å². The van der Waals surface area contributed by atoms with Gasteiger partial charge in [0.15, 0.2) is 10.8 Å².